The predicted octanol–water partition coefficient (Wildman–Crippen LogP) is 5.47. The van der Waals surface area contributed by atoms with Crippen LogP contribution in [0, 0.1) is 0 Å². The minimum absolute atomic E-state index is 0.228. The first-order valence-electron chi connectivity index (χ1n) is 9.57. The number of hydrogen-bond acceptors (Lipinski definition) is 3. The molecule has 3 aromatic rings. The molecule has 0 radical (unpaired) electrons. The quantitative estimate of drug-likeness (QED) is 0.478. The van der Waals surface area contributed by atoms with E-state index in [0.29, 0.717) is 53.0 Å². The zero-order chi connectivity index (χ0) is 22.2. The van der Waals surface area contributed by atoms with E-state index in [-0.39, 0.29) is 11.8 Å². The van der Waals surface area contributed by atoms with Gasteiger partial charge >= 0.3 is 6.18 Å². The predicted molar refractivity (Wildman–Crippen MR) is 112 cm³/mol. The van der Waals surface area contributed by atoms with Gasteiger partial charge in [-0.1, -0.05) is 29.3 Å². The SMILES string of the molecule is O=C(/C=C/c1c(Cl)cccc1Cl)N1CCCC(c2nnc3ccc(C(F)(F)F)cn23)C1. The van der Waals surface area contributed by atoms with E-state index in [0.717, 1.165) is 12.3 Å². The van der Waals surface area contributed by atoms with Crippen LogP contribution in [0.4, 0.5) is 13.2 Å². The Morgan fingerprint density at radius 2 is 1.87 bits per heavy atom. The molecule has 0 spiro atoms. The Labute approximate surface area is 186 Å². The third-order valence-electron chi connectivity index (χ3n) is 5.25. The summed E-state index contributed by atoms with van der Waals surface area (Å²) in [5.74, 6) is -0.0456. The number of carbonyl (C=O) groups is 1. The fourth-order valence-corrected chi connectivity index (χ4v) is 4.20. The van der Waals surface area contributed by atoms with Gasteiger partial charge in [-0.15, -0.1) is 10.2 Å². The Balaban J connectivity index is 1.55. The first-order valence-corrected chi connectivity index (χ1v) is 10.3. The zero-order valence-corrected chi connectivity index (χ0v) is 17.6. The molecule has 31 heavy (non-hydrogen) atoms. The highest BCUT2D eigenvalue weighted by Gasteiger charge is 2.32. The number of nitrogens with zero attached hydrogens (tertiary/aromatic N) is 4. The summed E-state index contributed by atoms with van der Waals surface area (Å²) >= 11 is 12.3. The number of piperidine rings is 1. The number of alkyl halides is 3. The standard InChI is InChI=1S/C21H17Cl2F3N4O/c22-16-4-1-5-17(23)15(16)7-9-19(31)29-10-2-3-13(11-29)20-28-27-18-8-6-14(12-30(18)20)21(24,25)26/h1,4-9,12-13H,2-3,10-11H2/b9-7+. The maximum atomic E-state index is 13.1. The molecule has 0 saturated carbocycles. The Bertz CT molecular complexity index is 1140. The van der Waals surface area contributed by atoms with E-state index in [2.05, 4.69) is 10.2 Å². The molecule has 1 aliphatic heterocycles. The Hall–Kier alpha value is -2.58. The van der Waals surface area contributed by atoms with Crippen LogP contribution in [0.1, 0.15) is 35.7 Å². The van der Waals surface area contributed by atoms with Crippen LogP contribution in [0.2, 0.25) is 10.0 Å². The van der Waals surface area contributed by atoms with Crippen LogP contribution in [-0.2, 0) is 11.0 Å². The number of rotatable bonds is 3. The Morgan fingerprint density at radius 1 is 1.13 bits per heavy atom. The summed E-state index contributed by atoms with van der Waals surface area (Å²) < 4.78 is 40.7. The highest BCUT2D eigenvalue weighted by molar-refractivity contribution is 6.37. The average molecular weight is 469 g/mol. The molecule has 1 aromatic carbocycles. The van der Waals surface area contributed by atoms with Crippen molar-refractivity contribution < 1.29 is 18.0 Å². The van der Waals surface area contributed by atoms with E-state index in [1.165, 1.54) is 16.5 Å². The Kier molecular flexibility index (Phi) is 5.94. The molecule has 1 atom stereocenters. The second-order valence-corrected chi connectivity index (χ2v) is 8.11. The van der Waals surface area contributed by atoms with Crippen molar-refractivity contribution in [2.45, 2.75) is 24.9 Å². The smallest absolute Gasteiger partial charge is 0.338 e. The van der Waals surface area contributed by atoms with Gasteiger partial charge in [0.25, 0.3) is 0 Å². The van der Waals surface area contributed by atoms with Gasteiger partial charge in [-0.3, -0.25) is 9.20 Å². The third kappa shape index (κ3) is 4.55. The second-order valence-electron chi connectivity index (χ2n) is 7.29. The molecule has 0 N–H and O–H groups in total. The van der Waals surface area contributed by atoms with Crippen molar-refractivity contribution in [3.63, 3.8) is 0 Å². The normalized spacial score (nSPS) is 17.6. The molecule has 1 fully saturated rings. The highest BCUT2D eigenvalue weighted by atomic mass is 35.5. The molecule has 162 valence electrons. The number of halogens is 5. The molecule has 3 heterocycles. The molecule has 1 aliphatic rings. The zero-order valence-electron chi connectivity index (χ0n) is 16.1. The van der Waals surface area contributed by atoms with Gasteiger partial charge in [-0.2, -0.15) is 13.2 Å². The van der Waals surface area contributed by atoms with Crippen molar-refractivity contribution in [3.8, 4) is 0 Å². The molecular formula is C21H17Cl2F3N4O. The third-order valence-corrected chi connectivity index (χ3v) is 5.91. The molecule has 10 heteroatoms. The van der Waals surface area contributed by atoms with Gasteiger partial charge in [-0.25, -0.2) is 0 Å². The van der Waals surface area contributed by atoms with Crippen molar-refractivity contribution in [1.29, 1.82) is 0 Å². The summed E-state index contributed by atoms with van der Waals surface area (Å²) in [7, 11) is 0. The topological polar surface area (TPSA) is 50.5 Å². The van der Waals surface area contributed by atoms with Gasteiger partial charge in [0.2, 0.25) is 5.91 Å². The van der Waals surface area contributed by atoms with Crippen molar-refractivity contribution in [2.75, 3.05) is 13.1 Å². The summed E-state index contributed by atoms with van der Waals surface area (Å²) in [6.07, 6.45) is 0.906. The number of carbonyl (C=O) groups excluding carboxylic acids is 1. The van der Waals surface area contributed by atoms with Gasteiger partial charge in [0.05, 0.1) is 5.56 Å². The van der Waals surface area contributed by atoms with E-state index in [1.807, 2.05) is 0 Å². The maximum absolute atomic E-state index is 13.1. The molecule has 2 aromatic heterocycles. The van der Waals surface area contributed by atoms with Crippen molar-refractivity contribution in [2.24, 2.45) is 0 Å². The molecule has 1 unspecified atom stereocenters. The summed E-state index contributed by atoms with van der Waals surface area (Å²) in [5.41, 5.74) is 0.111. The van der Waals surface area contributed by atoms with E-state index in [1.54, 1.807) is 29.2 Å². The van der Waals surface area contributed by atoms with Gasteiger partial charge < -0.3 is 4.90 Å². The average Bonchev–Trinajstić information content (AvgIpc) is 3.16. The van der Waals surface area contributed by atoms with E-state index >= 15 is 0 Å². The molecule has 1 amide bonds. The van der Waals surface area contributed by atoms with Crippen LogP contribution in [-0.4, -0.2) is 38.5 Å². The van der Waals surface area contributed by atoms with E-state index in [9.17, 15) is 18.0 Å². The van der Waals surface area contributed by atoms with Crippen molar-refractivity contribution >= 4 is 40.8 Å². The molecule has 1 saturated heterocycles. The van der Waals surface area contributed by atoms with Gasteiger partial charge in [-0.05, 0) is 43.2 Å². The number of likely N-dealkylation sites (tertiary alicyclic amines) is 1. The summed E-state index contributed by atoms with van der Waals surface area (Å²) in [4.78, 5) is 14.4. The molecule has 0 aliphatic carbocycles. The Morgan fingerprint density at radius 3 is 2.58 bits per heavy atom. The summed E-state index contributed by atoms with van der Waals surface area (Å²) in [6.45, 7) is 0.872. The monoisotopic (exact) mass is 468 g/mol. The minimum atomic E-state index is -4.46. The highest BCUT2D eigenvalue weighted by Crippen LogP contribution is 2.31. The first-order chi connectivity index (χ1) is 14.7. The van der Waals surface area contributed by atoms with Crippen molar-refractivity contribution in [3.05, 3.63) is 69.6 Å². The largest absolute Gasteiger partial charge is 0.417 e. The van der Waals surface area contributed by atoms with Crippen LogP contribution in [0.15, 0.2) is 42.6 Å². The van der Waals surface area contributed by atoms with Gasteiger partial charge in [0.15, 0.2) is 5.65 Å². The number of pyridine rings is 1. The molecule has 0 bridgehead atoms. The molecule has 5 nitrogen and oxygen atoms in total. The maximum Gasteiger partial charge on any atom is 0.417 e. The number of fused-ring (bicyclic) bond motifs is 1. The summed E-state index contributed by atoms with van der Waals surface area (Å²) in [6, 6.07) is 7.35. The van der Waals surface area contributed by atoms with Crippen LogP contribution >= 0.6 is 23.2 Å². The van der Waals surface area contributed by atoms with Crippen LogP contribution < -0.4 is 0 Å². The molecule has 4 rings (SSSR count). The fraction of sp³-hybridized carbons (Fsp3) is 0.286. The number of hydrogen-bond donors (Lipinski definition) is 0. The van der Waals surface area contributed by atoms with E-state index in [4.69, 9.17) is 23.2 Å². The lowest BCUT2D eigenvalue weighted by Crippen LogP contribution is -2.38. The van der Waals surface area contributed by atoms with Gasteiger partial charge in [0, 0.05) is 46.9 Å². The lowest BCUT2D eigenvalue weighted by molar-refractivity contribution is -0.137. The van der Waals surface area contributed by atoms with Crippen LogP contribution in [0.3, 0.4) is 0 Å². The van der Waals surface area contributed by atoms with Gasteiger partial charge in [0.1, 0.15) is 5.82 Å². The second kappa shape index (κ2) is 8.51. The summed E-state index contributed by atoms with van der Waals surface area (Å²) in [5, 5.41) is 8.96. The number of aromatic nitrogens is 3. The minimum Gasteiger partial charge on any atom is -0.338 e. The molecular weight excluding hydrogens is 452 g/mol. The first kappa shape index (κ1) is 21.6. The number of amides is 1. The van der Waals surface area contributed by atoms with E-state index < -0.39 is 11.7 Å². The fourth-order valence-electron chi connectivity index (χ4n) is 3.67. The lowest BCUT2D eigenvalue weighted by Gasteiger charge is -2.31. The van der Waals surface area contributed by atoms with Crippen LogP contribution in [0.5, 0.6) is 0 Å². The van der Waals surface area contributed by atoms with Crippen molar-refractivity contribution in [1.82, 2.24) is 19.5 Å². The number of benzene rings is 1. The van der Waals surface area contributed by atoms with Crippen LogP contribution in [0.25, 0.3) is 11.7 Å². The lowest BCUT2D eigenvalue weighted by atomic mass is 9.97.